The summed E-state index contributed by atoms with van der Waals surface area (Å²) in [5.74, 6) is 0.701. The second kappa shape index (κ2) is 8.42. The predicted octanol–water partition coefficient (Wildman–Crippen LogP) is 4.28. The van der Waals surface area contributed by atoms with Crippen molar-refractivity contribution in [2.75, 3.05) is 5.32 Å². The zero-order valence-corrected chi connectivity index (χ0v) is 19.5. The van der Waals surface area contributed by atoms with Gasteiger partial charge in [-0.05, 0) is 38.1 Å². The van der Waals surface area contributed by atoms with Crippen LogP contribution in [0.4, 0.5) is 5.69 Å². The van der Waals surface area contributed by atoms with Gasteiger partial charge in [0.1, 0.15) is 5.76 Å². The summed E-state index contributed by atoms with van der Waals surface area (Å²) in [5, 5.41) is 11.4. The van der Waals surface area contributed by atoms with Crippen LogP contribution in [-0.4, -0.2) is 37.5 Å². The fourth-order valence-electron chi connectivity index (χ4n) is 3.90. The van der Waals surface area contributed by atoms with E-state index in [1.807, 2.05) is 24.6 Å². The summed E-state index contributed by atoms with van der Waals surface area (Å²) in [7, 11) is 1.83. The summed E-state index contributed by atoms with van der Waals surface area (Å²) in [4.78, 5) is 38.6. The number of rotatable bonds is 5. The topological polar surface area (TPSA) is 107 Å². The average molecular weight is 473 g/mol. The number of benzene rings is 2. The van der Waals surface area contributed by atoms with Gasteiger partial charge in [-0.15, -0.1) is 10.2 Å². The van der Waals surface area contributed by atoms with Crippen molar-refractivity contribution in [1.29, 1.82) is 0 Å². The van der Waals surface area contributed by atoms with E-state index in [9.17, 15) is 14.4 Å². The summed E-state index contributed by atoms with van der Waals surface area (Å²) in [6.07, 6.45) is 1.59. The molecule has 9 heteroatoms. The second-order valence-corrected chi connectivity index (χ2v) is 9.28. The van der Waals surface area contributed by atoms with Crippen LogP contribution in [-0.2, 0) is 11.8 Å². The number of carbonyl (C=O) groups is 3. The summed E-state index contributed by atoms with van der Waals surface area (Å²) >= 11 is 1.27. The van der Waals surface area contributed by atoms with Gasteiger partial charge < -0.3 is 14.3 Å². The molecule has 8 nitrogen and oxygen atoms in total. The Morgan fingerprint density at radius 2 is 1.65 bits per heavy atom. The highest BCUT2D eigenvalue weighted by Crippen LogP contribution is 2.31. The number of amides is 1. The van der Waals surface area contributed by atoms with Gasteiger partial charge in [0, 0.05) is 35.0 Å². The van der Waals surface area contributed by atoms with Crippen LogP contribution in [0.1, 0.15) is 44.5 Å². The number of nitrogens with one attached hydrogen (secondary N) is 1. The fourth-order valence-corrected chi connectivity index (χ4v) is 4.72. The van der Waals surface area contributed by atoms with Gasteiger partial charge in [0.15, 0.2) is 22.5 Å². The molecule has 0 saturated heterocycles. The molecule has 170 valence electrons. The number of hydrogen-bond donors (Lipinski definition) is 1. The molecule has 2 aromatic heterocycles. The molecule has 1 unspecified atom stereocenters. The minimum Gasteiger partial charge on any atom is -0.469 e. The normalized spacial score (nSPS) is 13.4. The molecule has 34 heavy (non-hydrogen) atoms. The first kappa shape index (κ1) is 21.8. The molecule has 1 aliphatic carbocycles. The van der Waals surface area contributed by atoms with E-state index in [1.54, 1.807) is 55.7 Å². The number of anilines is 1. The number of ketones is 2. The van der Waals surface area contributed by atoms with Crippen LogP contribution in [0.25, 0.3) is 11.4 Å². The van der Waals surface area contributed by atoms with Crippen LogP contribution in [0.3, 0.4) is 0 Å². The first-order chi connectivity index (χ1) is 16.3. The molecular formula is C25H20N4O4S. The Morgan fingerprint density at radius 1 is 0.971 bits per heavy atom. The molecular weight excluding hydrogens is 452 g/mol. The molecule has 0 bridgehead atoms. The molecule has 0 radical (unpaired) electrons. The van der Waals surface area contributed by atoms with Gasteiger partial charge in [-0.25, -0.2) is 0 Å². The highest BCUT2D eigenvalue weighted by Gasteiger charge is 2.30. The van der Waals surface area contributed by atoms with E-state index in [2.05, 4.69) is 15.5 Å². The van der Waals surface area contributed by atoms with Crippen molar-refractivity contribution in [2.24, 2.45) is 7.05 Å². The Kier molecular flexibility index (Phi) is 5.41. The lowest BCUT2D eigenvalue weighted by Gasteiger charge is -2.18. The molecule has 5 rings (SSSR count). The van der Waals surface area contributed by atoms with Crippen molar-refractivity contribution < 1.29 is 18.8 Å². The molecule has 2 aromatic carbocycles. The number of carbonyl (C=O) groups excluding carboxylic acids is 3. The first-order valence-electron chi connectivity index (χ1n) is 10.6. The van der Waals surface area contributed by atoms with Gasteiger partial charge in [-0.2, -0.15) is 0 Å². The Balaban J connectivity index is 1.33. The van der Waals surface area contributed by atoms with Crippen molar-refractivity contribution in [3.8, 4) is 11.4 Å². The summed E-state index contributed by atoms with van der Waals surface area (Å²) in [6.45, 7) is 3.61. The molecule has 1 atom stereocenters. The van der Waals surface area contributed by atoms with Gasteiger partial charge >= 0.3 is 0 Å². The zero-order valence-electron chi connectivity index (χ0n) is 18.7. The van der Waals surface area contributed by atoms with Crippen LogP contribution in [0.2, 0.25) is 0 Å². The summed E-state index contributed by atoms with van der Waals surface area (Å²) in [6, 6.07) is 13.4. The lowest BCUT2D eigenvalue weighted by atomic mass is 9.84. The van der Waals surface area contributed by atoms with Gasteiger partial charge in [-0.1, -0.05) is 36.0 Å². The predicted molar refractivity (Wildman–Crippen MR) is 127 cm³/mol. The molecule has 0 saturated carbocycles. The van der Waals surface area contributed by atoms with Crippen molar-refractivity contribution >= 4 is 34.9 Å². The van der Waals surface area contributed by atoms with E-state index < -0.39 is 5.25 Å². The van der Waals surface area contributed by atoms with Gasteiger partial charge in [0.2, 0.25) is 5.91 Å². The maximum absolute atomic E-state index is 12.9. The van der Waals surface area contributed by atoms with E-state index in [1.165, 1.54) is 11.8 Å². The summed E-state index contributed by atoms with van der Waals surface area (Å²) in [5.41, 5.74) is 2.69. The smallest absolute Gasteiger partial charge is 0.237 e. The average Bonchev–Trinajstić information content (AvgIpc) is 3.42. The number of aromatic nitrogens is 3. The Morgan fingerprint density at radius 3 is 2.32 bits per heavy atom. The molecule has 2 heterocycles. The maximum Gasteiger partial charge on any atom is 0.237 e. The van der Waals surface area contributed by atoms with Gasteiger partial charge in [-0.3, -0.25) is 14.4 Å². The number of fused-ring (bicyclic) bond motifs is 2. The van der Waals surface area contributed by atoms with E-state index in [-0.39, 0.29) is 23.0 Å². The monoisotopic (exact) mass is 472 g/mol. The third-order valence-corrected chi connectivity index (χ3v) is 6.91. The van der Waals surface area contributed by atoms with Crippen molar-refractivity contribution in [1.82, 2.24) is 14.8 Å². The van der Waals surface area contributed by atoms with Gasteiger partial charge in [0.05, 0.1) is 17.1 Å². The molecule has 0 fully saturated rings. The number of thioether (sulfide) groups is 1. The minimum atomic E-state index is -0.490. The minimum absolute atomic E-state index is 0.196. The molecule has 1 N–H and O–H groups in total. The fraction of sp³-hybridized carbons (Fsp3) is 0.160. The molecule has 0 spiro atoms. The Labute approximate surface area is 199 Å². The number of nitrogens with zero attached hydrogens (tertiary/aromatic N) is 3. The number of aryl methyl sites for hydroxylation is 1. The first-order valence-corrected chi connectivity index (χ1v) is 11.5. The van der Waals surface area contributed by atoms with Crippen molar-refractivity contribution in [3.05, 3.63) is 82.8 Å². The van der Waals surface area contributed by atoms with Crippen molar-refractivity contribution in [2.45, 2.75) is 24.3 Å². The van der Waals surface area contributed by atoms with Crippen LogP contribution in [0, 0.1) is 6.92 Å². The third-order valence-electron chi connectivity index (χ3n) is 5.78. The lowest BCUT2D eigenvalue weighted by Crippen LogP contribution is -2.24. The van der Waals surface area contributed by atoms with Crippen LogP contribution < -0.4 is 5.32 Å². The highest BCUT2D eigenvalue weighted by atomic mass is 32.2. The largest absolute Gasteiger partial charge is 0.469 e. The van der Waals surface area contributed by atoms with E-state index in [0.29, 0.717) is 33.4 Å². The lowest BCUT2D eigenvalue weighted by molar-refractivity contribution is -0.115. The van der Waals surface area contributed by atoms with Crippen LogP contribution in [0.15, 0.2) is 64.4 Å². The standard InChI is InChI=1S/C25H20N4O4S/c1-13-16(10-11-33-13)23-27-28-25(29(23)3)34-14(2)24(32)26-15-8-9-19-20(12-15)22(31)18-7-5-4-6-17(18)21(19)30/h4-12,14H,1-3H3,(H,26,32). The quantitative estimate of drug-likeness (QED) is 0.381. The zero-order chi connectivity index (χ0) is 24.0. The summed E-state index contributed by atoms with van der Waals surface area (Å²) < 4.78 is 7.16. The van der Waals surface area contributed by atoms with E-state index >= 15 is 0 Å². The van der Waals surface area contributed by atoms with Crippen molar-refractivity contribution in [3.63, 3.8) is 0 Å². The number of furan rings is 1. The molecule has 0 aliphatic heterocycles. The second-order valence-electron chi connectivity index (χ2n) is 7.97. The van der Waals surface area contributed by atoms with Crippen LogP contribution >= 0.6 is 11.8 Å². The molecule has 1 aliphatic rings. The van der Waals surface area contributed by atoms with Crippen LogP contribution in [0.5, 0.6) is 0 Å². The number of hydrogen-bond acceptors (Lipinski definition) is 7. The Hall–Kier alpha value is -3.98. The van der Waals surface area contributed by atoms with E-state index in [4.69, 9.17) is 4.42 Å². The van der Waals surface area contributed by atoms with E-state index in [0.717, 1.165) is 11.3 Å². The maximum atomic E-state index is 12.9. The molecule has 4 aromatic rings. The van der Waals surface area contributed by atoms with Gasteiger partial charge in [0.25, 0.3) is 0 Å². The Bertz CT molecular complexity index is 1470. The highest BCUT2D eigenvalue weighted by molar-refractivity contribution is 8.00. The third kappa shape index (κ3) is 3.63. The molecule has 1 amide bonds. The SMILES string of the molecule is Cc1occc1-c1nnc(SC(C)C(=O)Nc2ccc3c(c2)C(=O)c2ccccc2C3=O)n1C.